The Kier molecular flexibility index (Phi) is 4.37. The molecule has 19 heavy (non-hydrogen) atoms. The van der Waals surface area contributed by atoms with Crippen LogP contribution in [0.4, 0.5) is 5.82 Å². The third-order valence-corrected chi connectivity index (χ3v) is 3.43. The predicted molar refractivity (Wildman–Crippen MR) is 73.9 cm³/mol. The fourth-order valence-corrected chi connectivity index (χ4v) is 2.27. The Morgan fingerprint density at radius 3 is 2.89 bits per heavy atom. The zero-order valence-corrected chi connectivity index (χ0v) is 11.5. The number of carbonyl (C=O) groups excluding carboxylic acids is 1. The van der Waals surface area contributed by atoms with Crippen molar-refractivity contribution in [2.75, 3.05) is 12.8 Å². The molecule has 3 N–H and O–H groups in total. The van der Waals surface area contributed by atoms with Gasteiger partial charge < -0.3 is 15.8 Å². The second kappa shape index (κ2) is 6.02. The van der Waals surface area contributed by atoms with E-state index in [1.165, 1.54) is 0 Å². The quantitative estimate of drug-likeness (QED) is 0.844. The van der Waals surface area contributed by atoms with Crippen LogP contribution in [0.25, 0.3) is 0 Å². The summed E-state index contributed by atoms with van der Waals surface area (Å²) < 4.78 is 5.19. The molecule has 1 amide bonds. The summed E-state index contributed by atoms with van der Waals surface area (Å²) in [5.74, 6) is 0.325. The minimum absolute atomic E-state index is 0.0778. The number of amides is 1. The van der Waals surface area contributed by atoms with Crippen LogP contribution < -0.4 is 11.1 Å². The summed E-state index contributed by atoms with van der Waals surface area (Å²) in [6.07, 6.45) is 3.86. The number of hydrogen-bond acceptors (Lipinski definition) is 4. The second-order valence-electron chi connectivity index (χ2n) is 5.02. The molecule has 1 aliphatic rings. The lowest BCUT2D eigenvalue weighted by atomic mass is 9.89. The van der Waals surface area contributed by atoms with Crippen LogP contribution in [0.15, 0.2) is 12.1 Å². The zero-order valence-electron chi connectivity index (χ0n) is 11.5. The zero-order chi connectivity index (χ0) is 13.8. The molecule has 1 aromatic rings. The summed E-state index contributed by atoms with van der Waals surface area (Å²) >= 11 is 0. The van der Waals surface area contributed by atoms with E-state index >= 15 is 0 Å². The van der Waals surface area contributed by atoms with Gasteiger partial charge in [0.15, 0.2) is 0 Å². The number of nitrogens with one attached hydrogen (secondary N) is 1. The van der Waals surface area contributed by atoms with E-state index in [1.807, 2.05) is 6.07 Å². The molecule has 0 radical (unpaired) electrons. The molecule has 5 nitrogen and oxygen atoms in total. The molecular formula is C14H21N3O2. The van der Waals surface area contributed by atoms with Crippen molar-refractivity contribution in [2.45, 2.75) is 44.8 Å². The Bertz CT molecular complexity index is 456. The van der Waals surface area contributed by atoms with Crippen molar-refractivity contribution in [3.8, 4) is 0 Å². The van der Waals surface area contributed by atoms with Crippen molar-refractivity contribution in [2.24, 2.45) is 0 Å². The highest BCUT2D eigenvalue weighted by atomic mass is 16.5. The first-order valence-corrected chi connectivity index (χ1v) is 6.72. The molecule has 0 aliphatic heterocycles. The third kappa shape index (κ3) is 3.44. The van der Waals surface area contributed by atoms with Crippen molar-refractivity contribution in [3.63, 3.8) is 0 Å². The SMILES string of the molecule is CCCc1cc(C(=O)NC2CC(OC)C2)cc(N)n1. The smallest absolute Gasteiger partial charge is 0.251 e. The molecule has 2 rings (SSSR count). The van der Waals surface area contributed by atoms with Crippen LogP contribution in [-0.2, 0) is 11.2 Å². The van der Waals surface area contributed by atoms with Gasteiger partial charge in [-0.25, -0.2) is 4.98 Å². The number of anilines is 1. The highest BCUT2D eigenvalue weighted by Crippen LogP contribution is 2.23. The van der Waals surface area contributed by atoms with Crippen molar-refractivity contribution in [3.05, 3.63) is 23.4 Å². The normalized spacial score (nSPS) is 21.8. The van der Waals surface area contributed by atoms with Gasteiger partial charge in [0.2, 0.25) is 0 Å². The van der Waals surface area contributed by atoms with E-state index in [9.17, 15) is 4.79 Å². The summed E-state index contributed by atoms with van der Waals surface area (Å²) in [5.41, 5.74) is 7.20. The first-order valence-electron chi connectivity index (χ1n) is 6.72. The Morgan fingerprint density at radius 2 is 2.26 bits per heavy atom. The number of ether oxygens (including phenoxy) is 1. The van der Waals surface area contributed by atoms with Gasteiger partial charge in [0.05, 0.1) is 6.10 Å². The summed E-state index contributed by atoms with van der Waals surface area (Å²) in [6, 6.07) is 3.66. The van der Waals surface area contributed by atoms with Crippen molar-refractivity contribution in [1.82, 2.24) is 10.3 Å². The monoisotopic (exact) mass is 263 g/mol. The first kappa shape index (κ1) is 13.8. The van der Waals surface area contributed by atoms with E-state index in [1.54, 1.807) is 13.2 Å². The Hall–Kier alpha value is -1.62. The van der Waals surface area contributed by atoms with Gasteiger partial charge >= 0.3 is 0 Å². The fourth-order valence-electron chi connectivity index (χ4n) is 2.27. The van der Waals surface area contributed by atoms with E-state index < -0.39 is 0 Å². The lowest BCUT2D eigenvalue weighted by Crippen LogP contribution is -2.47. The van der Waals surface area contributed by atoms with Crippen LogP contribution in [-0.4, -0.2) is 30.1 Å². The molecule has 0 saturated heterocycles. The standard InChI is InChI=1S/C14H21N3O2/c1-3-4-10-5-9(6-13(15)16-10)14(18)17-11-7-12(8-11)19-2/h5-6,11-12H,3-4,7-8H2,1-2H3,(H2,15,16)(H,17,18). The number of methoxy groups -OCH3 is 1. The van der Waals surface area contributed by atoms with Gasteiger partial charge in [-0.15, -0.1) is 0 Å². The molecule has 1 aromatic heterocycles. The fraction of sp³-hybridized carbons (Fsp3) is 0.571. The molecule has 1 heterocycles. The average molecular weight is 263 g/mol. The van der Waals surface area contributed by atoms with Crippen LogP contribution in [0.3, 0.4) is 0 Å². The number of rotatable bonds is 5. The summed E-state index contributed by atoms with van der Waals surface area (Å²) in [4.78, 5) is 16.3. The highest BCUT2D eigenvalue weighted by molar-refractivity contribution is 5.95. The van der Waals surface area contributed by atoms with E-state index in [4.69, 9.17) is 10.5 Å². The number of nitrogens with two attached hydrogens (primary N) is 1. The lowest BCUT2D eigenvalue weighted by Gasteiger charge is -2.34. The lowest BCUT2D eigenvalue weighted by molar-refractivity contribution is 0.0176. The molecular weight excluding hydrogens is 242 g/mol. The minimum atomic E-state index is -0.0778. The molecule has 0 spiro atoms. The van der Waals surface area contributed by atoms with E-state index in [2.05, 4.69) is 17.2 Å². The number of aryl methyl sites for hydroxylation is 1. The Morgan fingerprint density at radius 1 is 1.53 bits per heavy atom. The van der Waals surface area contributed by atoms with Crippen LogP contribution in [0.2, 0.25) is 0 Å². The van der Waals surface area contributed by atoms with Gasteiger partial charge in [0.1, 0.15) is 5.82 Å². The maximum absolute atomic E-state index is 12.1. The molecule has 1 aliphatic carbocycles. The number of nitrogens with zero attached hydrogens (tertiary/aromatic N) is 1. The number of carbonyl (C=O) groups is 1. The van der Waals surface area contributed by atoms with Gasteiger partial charge in [-0.3, -0.25) is 4.79 Å². The molecule has 104 valence electrons. The van der Waals surface area contributed by atoms with E-state index in [-0.39, 0.29) is 18.1 Å². The van der Waals surface area contributed by atoms with Gasteiger partial charge in [-0.05, 0) is 31.4 Å². The summed E-state index contributed by atoms with van der Waals surface area (Å²) in [6.45, 7) is 2.07. The summed E-state index contributed by atoms with van der Waals surface area (Å²) in [7, 11) is 1.70. The molecule has 0 atom stereocenters. The number of pyridine rings is 1. The van der Waals surface area contributed by atoms with Gasteiger partial charge in [0.25, 0.3) is 5.91 Å². The molecule has 0 unspecified atom stereocenters. The number of nitrogen functional groups attached to an aromatic ring is 1. The Balaban J connectivity index is 1.98. The van der Waals surface area contributed by atoms with E-state index in [0.717, 1.165) is 31.4 Å². The third-order valence-electron chi connectivity index (χ3n) is 3.43. The van der Waals surface area contributed by atoms with Crippen LogP contribution in [0.1, 0.15) is 42.2 Å². The Labute approximate surface area is 113 Å². The first-order chi connectivity index (χ1) is 9.12. The largest absolute Gasteiger partial charge is 0.384 e. The number of hydrogen-bond donors (Lipinski definition) is 2. The minimum Gasteiger partial charge on any atom is -0.384 e. The van der Waals surface area contributed by atoms with Gasteiger partial charge in [-0.2, -0.15) is 0 Å². The van der Waals surface area contributed by atoms with Crippen molar-refractivity contribution >= 4 is 11.7 Å². The van der Waals surface area contributed by atoms with Crippen molar-refractivity contribution in [1.29, 1.82) is 0 Å². The average Bonchev–Trinajstić information content (AvgIpc) is 2.32. The molecule has 0 aromatic carbocycles. The highest BCUT2D eigenvalue weighted by Gasteiger charge is 2.30. The van der Waals surface area contributed by atoms with Gasteiger partial charge in [0, 0.05) is 24.4 Å². The maximum Gasteiger partial charge on any atom is 0.251 e. The van der Waals surface area contributed by atoms with Crippen LogP contribution in [0.5, 0.6) is 0 Å². The van der Waals surface area contributed by atoms with Gasteiger partial charge in [-0.1, -0.05) is 13.3 Å². The maximum atomic E-state index is 12.1. The van der Waals surface area contributed by atoms with Crippen LogP contribution >= 0.6 is 0 Å². The predicted octanol–water partition coefficient (Wildman–Crippen LogP) is 1.52. The molecule has 1 saturated carbocycles. The van der Waals surface area contributed by atoms with Crippen molar-refractivity contribution < 1.29 is 9.53 Å². The van der Waals surface area contributed by atoms with Crippen LogP contribution in [0, 0.1) is 0 Å². The molecule has 1 fully saturated rings. The summed E-state index contributed by atoms with van der Waals surface area (Å²) in [5, 5.41) is 2.99. The number of aromatic nitrogens is 1. The molecule has 0 bridgehead atoms. The van der Waals surface area contributed by atoms with E-state index in [0.29, 0.717) is 11.4 Å². The molecule has 5 heteroatoms. The second-order valence-corrected chi connectivity index (χ2v) is 5.02. The topological polar surface area (TPSA) is 77.2 Å².